The van der Waals surface area contributed by atoms with E-state index in [2.05, 4.69) is 4.98 Å². The van der Waals surface area contributed by atoms with Gasteiger partial charge in [0.1, 0.15) is 11.4 Å². The van der Waals surface area contributed by atoms with Gasteiger partial charge in [-0.15, -0.1) is 11.6 Å². The van der Waals surface area contributed by atoms with Crippen LogP contribution in [0.2, 0.25) is 0 Å². The Bertz CT molecular complexity index is 241. The van der Waals surface area contributed by atoms with Crippen LogP contribution in [0.25, 0.3) is 0 Å². The zero-order chi connectivity index (χ0) is 7.56. The second-order valence-electron chi connectivity index (χ2n) is 1.73. The molecule has 0 bridgehead atoms. The average Bonchev–Trinajstić information content (AvgIpc) is 1.94. The maximum absolute atomic E-state index is 12.3. The number of alkyl halides is 1. The van der Waals surface area contributed by atoms with Crippen LogP contribution in [0.15, 0.2) is 12.1 Å². The fourth-order valence-corrected chi connectivity index (χ4v) is 0.762. The summed E-state index contributed by atoms with van der Waals surface area (Å²) in [7, 11) is 0. The summed E-state index contributed by atoms with van der Waals surface area (Å²) in [5.41, 5.74) is 0.168. The molecule has 54 valence electrons. The first-order valence-electron chi connectivity index (χ1n) is 2.64. The second kappa shape index (κ2) is 2.84. The van der Waals surface area contributed by atoms with Crippen molar-refractivity contribution in [2.75, 3.05) is 0 Å². The summed E-state index contributed by atoms with van der Waals surface area (Å²) in [5.74, 6) is -0.686. The minimum Gasteiger partial charge on any atom is -0.506 e. The molecule has 0 amide bonds. The van der Waals surface area contributed by atoms with E-state index in [-0.39, 0.29) is 17.3 Å². The Hall–Kier alpha value is -0.830. The van der Waals surface area contributed by atoms with Crippen LogP contribution in [-0.4, -0.2) is 10.1 Å². The topological polar surface area (TPSA) is 33.1 Å². The molecule has 0 atom stereocenters. The van der Waals surface area contributed by atoms with Crippen molar-refractivity contribution < 1.29 is 9.50 Å². The average molecular weight is 162 g/mol. The van der Waals surface area contributed by atoms with Gasteiger partial charge in [-0.3, -0.25) is 0 Å². The number of aromatic nitrogens is 1. The van der Waals surface area contributed by atoms with E-state index >= 15 is 0 Å². The van der Waals surface area contributed by atoms with Gasteiger partial charge in [-0.2, -0.15) is 4.39 Å². The normalized spacial score (nSPS) is 9.80. The van der Waals surface area contributed by atoms with Crippen LogP contribution < -0.4 is 0 Å². The van der Waals surface area contributed by atoms with Crippen molar-refractivity contribution in [2.24, 2.45) is 0 Å². The first kappa shape index (κ1) is 7.28. The van der Waals surface area contributed by atoms with Gasteiger partial charge in [0.25, 0.3) is 0 Å². The highest BCUT2D eigenvalue weighted by Gasteiger charge is 2.01. The van der Waals surface area contributed by atoms with Crippen molar-refractivity contribution >= 4 is 11.6 Å². The molecule has 0 fully saturated rings. The summed E-state index contributed by atoms with van der Waals surface area (Å²) < 4.78 is 12.3. The van der Waals surface area contributed by atoms with Crippen molar-refractivity contribution in [1.82, 2.24) is 4.98 Å². The fourth-order valence-electron chi connectivity index (χ4n) is 0.566. The van der Waals surface area contributed by atoms with E-state index in [1.807, 2.05) is 0 Å². The summed E-state index contributed by atoms with van der Waals surface area (Å²) in [6.07, 6.45) is 0. The highest BCUT2D eigenvalue weighted by molar-refractivity contribution is 6.17. The van der Waals surface area contributed by atoms with Crippen LogP contribution in [-0.2, 0) is 5.88 Å². The van der Waals surface area contributed by atoms with Crippen molar-refractivity contribution in [3.8, 4) is 5.75 Å². The summed E-state index contributed by atoms with van der Waals surface area (Å²) >= 11 is 5.32. The van der Waals surface area contributed by atoms with E-state index in [9.17, 15) is 4.39 Å². The molecule has 0 unspecified atom stereocenters. The number of pyridine rings is 1. The molecule has 4 heteroatoms. The molecule has 0 aliphatic carbocycles. The Labute approximate surface area is 62.3 Å². The molecule has 1 aromatic rings. The number of nitrogens with zero attached hydrogens (tertiary/aromatic N) is 1. The molecular formula is C6H5ClFNO. The minimum atomic E-state index is -0.631. The third-order valence-electron chi connectivity index (χ3n) is 1.04. The van der Waals surface area contributed by atoms with Gasteiger partial charge in [0.05, 0.1) is 5.88 Å². The lowest BCUT2D eigenvalue weighted by Gasteiger charge is -1.96. The minimum absolute atomic E-state index is 0.0175. The molecule has 0 saturated heterocycles. The zero-order valence-electron chi connectivity index (χ0n) is 5.01. The monoisotopic (exact) mass is 161 g/mol. The van der Waals surface area contributed by atoms with Gasteiger partial charge in [-0.05, 0) is 12.1 Å². The lowest BCUT2D eigenvalue weighted by Crippen LogP contribution is -1.88. The SMILES string of the molecule is Oc1ccc(F)nc1CCl. The fraction of sp³-hybridized carbons (Fsp3) is 0.167. The molecule has 1 rings (SSSR count). The predicted molar refractivity (Wildman–Crippen MR) is 35.4 cm³/mol. The van der Waals surface area contributed by atoms with E-state index < -0.39 is 5.95 Å². The maximum atomic E-state index is 12.3. The van der Waals surface area contributed by atoms with E-state index in [1.54, 1.807) is 0 Å². The first-order valence-corrected chi connectivity index (χ1v) is 3.18. The molecule has 0 aliphatic heterocycles. The Morgan fingerprint density at radius 1 is 1.60 bits per heavy atom. The Morgan fingerprint density at radius 2 is 2.30 bits per heavy atom. The molecule has 0 spiro atoms. The van der Waals surface area contributed by atoms with Crippen LogP contribution in [0.3, 0.4) is 0 Å². The zero-order valence-corrected chi connectivity index (χ0v) is 5.77. The third-order valence-corrected chi connectivity index (χ3v) is 1.30. The molecule has 10 heavy (non-hydrogen) atoms. The molecule has 2 nitrogen and oxygen atoms in total. The molecule has 1 aromatic heterocycles. The standard InChI is InChI=1S/C6H5ClFNO/c7-3-4-5(10)1-2-6(8)9-4/h1-2,10H,3H2. The third kappa shape index (κ3) is 1.36. The van der Waals surface area contributed by atoms with Gasteiger partial charge in [0.15, 0.2) is 0 Å². The van der Waals surface area contributed by atoms with Crippen molar-refractivity contribution in [1.29, 1.82) is 0 Å². The molecular weight excluding hydrogens is 157 g/mol. The van der Waals surface area contributed by atoms with Gasteiger partial charge >= 0.3 is 0 Å². The second-order valence-corrected chi connectivity index (χ2v) is 2.00. The molecule has 0 saturated carbocycles. The Kier molecular flexibility index (Phi) is 2.06. The lowest BCUT2D eigenvalue weighted by molar-refractivity contribution is 0.459. The van der Waals surface area contributed by atoms with E-state index in [0.717, 1.165) is 6.07 Å². The van der Waals surface area contributed by atoms with Gasteiger partial charge in [-0.1, -0.05) is 0 Å². The Morgan fingerprint density at radius 3 is 2.80 bits per heavy atom. The number of aromatic hydroxyl groups is 1. The Balaban J connectivity index is 3.09. The largest absolute Gasteiger partial charge is 0.506 e. The highest BCUT2D eigenvalue weighted by Crippen LogP contribution is 2.15. The maximum Gasteiger partial charge on any atom is 0.213 e. The molecule has 1 heterocycles. The van der Waals surface area contributed by atoms with Crippen LogP contribution >= 0.6 is 11.6 Å². The van der Waals surface area contributed by atoms with Crippen molar-refractivity contribution in [3.63, 3.8) is 0 Å². The summed E-state index contributed by atoms with van der Waals surface area (Å²) in [6, 6.07) is 2.30. The summed E-state index contributed by atoms with van der Waals surface area (Å²) in [4.78, 5) is 3.34. The van der Waals surface area contributed by atoms with Crippen LogP contribution in [0.1, 0.15) is 5.69 Å². The van der Waals surface area contributed by atoms with Gasteiger partial charge in [0.2, 0.25) is 5.95 Å². The smallest absolute Gasteiger partial charge is 0.213 e. The van der Waals surface area contributed by atoms with Crippen LogP contribution in [0.5, 0.6) is 5.75 Å². The quantitative estimate of drug-likeness (QED) is 0.502. The van der Waals surface area contributed by atoms with Crippen molar-refractivity contribution in [3.05, 3.63) is 23.8 Å². The molecule has 1 N–H and O–H groups in total. The van der Waals surface area contributed by atoms with Gasteiger partial charge < -0.3 is 5.11 Å². The van der Waals surface area contributed by atoms with Gasteiger partial charge in [-0.25, -0.2) is 4.98 Å². The predicted octanol–water partition coefficient (Wildman–Crippen LogP) is 1.67. The van der Waals surface area contributed by atoms with Crippen LogP contribution in [0.4, 0.5) is 4.39 Å². The van der Waals surface area contributed by atoms with E-state index in [4.69, 9.17) is 16.7 Å². The summed E-state index contributed by atoms with van der Waals surface area (Å²) in [5, 5.41) is 8.92. The van der Waals surface area contributed by atoms with Crippen LogP contribution in [0, 0.1) is 5.95 Å². The molecule has 0 aliphatic rings. The summed E-state index contributed by atoms with van der Waals surface area (Å²) in [6.45, 7) is 0. The lowest BCUT2D eigenvalue weighted by atomic mass is 10.3. The molecule has 0 radical (unpaired) electrons. The van der Waals surface area contributed by atoms with E-state index in [1.165, 1.54) is 6.07 Å². The highest BCUT2D eigenvalue weighted by atomic mass is 35.5. The van der Waals surface area contributed by atoms with E-state index in [0.29, 0.717) is 0 Å². The van der Waals surface area contributed by atoms with Gasteiger partial charge in [0, 0.05) is 0 Å². The number of hydrogen-bond acceptors (Lipinski definition) is 2. The number of rotatable bonds is 1. The number of halogens is 2. The number of hydrogen-bond donors (Lipinski definition) is 1. The first-order chi connectivity index (χ1) is 4.74. The molecule has 0 aromatic carbocycles. The van der Waals surface area contributed by atoms with Crippen molar-refractivity contribution in [2.45, 2.75) is 5.88 Å².